The van der Waals surface area contributed by atoms with Crippen molar-refractivity contribution in [2.45, 2.75) is 20.3 Å². The van der Waals surface area contributed by atoms with E-state index >= 15 is 0 Å². The molecule has 150 valence electrons. The summed E-state index contributed by atoms with van der Waals surface area (Å²) in [6.07, 6.45) is 4.00. The van der Waals surface area contributed by atoms with Gasteiger partial charge < -0.3 is 9.72 Å². The Balaban J connectivity index is 1.80. The maximum atomic E-state index is 12.8. The smallest absolute Gasteiger partial charge is 0.261 e. The third-order valence-corrected chi connectivity index (χ3v) is 4.00. The van der Waals surface area contributed by atoms with E-state index in [1.807, 2.05) is 19.9 Å². The Labute approximate surface area is 168 Å². The van der Waals surface area contributed by atoms with Crippen LogP contribution in [0.4, 0.5) is 5.95 Å². The van der Waals surface area contributed by atoms with Gasteiger partial charge >= 0.3 is 0 Å². The molecule has 1 aromatic carbocycles. The van der Waals surface area contributed by atoms with Gasteiger partial charge in [0.1, 0.15) is 5.75 Å². The van der Waals surface area contributed by atoms with Crippen LogP contribution in [0.5, 0.6) is 5.75 Å². The van der Waals surface area contributed by atoms with E-state index in [4.69, 9.17) is 4.74 Å². The van der Waals surface area contributed by atoms with E-state index in [1.165, 1.54) is 7.11 Å². The highest BCUT2D eigenvalue weighted by atomic mass is 16.5. The average Bonchev–Trinajstić information content (AvgIpc) is 3.20. The molecule has 0 unspecified atom stereocenters. The molecule has 9 nitrogen and oxygen atoms in total. The number of carbonyl (C=O) groups is 1. The number of anilines is 1. The van der Waals surface area contributed by atoms with Gasteiger partial charge in [-0.1, -0.05) is 12.1 Å². The summed E-state index contributed by atoms with van der Waals surface area (Å²) in [6.45, 7) is 4.19. The number of nitrogens with one attached hydrogen (secondary N) is 3. The second-order valence-corrected chi connectivity index (χ2v) is 6.31. The van der Waals surface area contributed by atoms with E-state index in [0.717, 1.165) is 17.1 Å². The van der Waals surface area contributed by atoms with Crippen LogP contribution in [-0.4, -0.2) is 45.5 Å². The van der Waals surface area contributed by atoms with Crippen molar-refractivity contribution >= 4 is 17.8 Å². The Kier molecular flexibility index (Phi) is 6.51. The molecule has 0 aliphatic rings. The van der Waals surface area contributed by atoms with Crippen LogP contribution in [0.15, 0.2) is 47.8 Å². The largest absolute Gasteiger partial charge is 0.496 e. The van der Waals surface area contributed by atoms with Gasteiger partial charge in [0.2, 0.25) is 11.9 Å². The predicted octanol–water partition coefficient (Wildman–Crippen LogP) is 2.27. The van der Waals surface area contributed by atoms with Crippen molar-refractivity contribution in [1.29, 1.82) is 0 Å². The predicted molar refractivity (Wildman–Crippen MR) is 110 cm³/mol. The van der Waals surface area contributed by atoms with Crippen LogP contribution in [0.2, 0.25) is 0 Å². The minimum atomic E-state index is -0.348. The molecule has 0 aliphatic carbocycles. The Hall–Kier alpha value is -3.75. The van der Waals surface area contributed by atoms with Crippen LogP contribution in [0, 0.1) is 13.8 Å². The molecule has 0 bridgehead atoms. The van der Waals surface area contributed by atoms with E-state index in [-0.39, 0.29) is 11.9 Å². The van der Waals surface area contributed by atoms with Crippen molar-refractivity contribution in [3.05, 3.63) is 65.5 Å². The number of hydrogen-bond donors (Lipinski definition) is 3. The third-order valence-electron chi connectivity index (χ3n) is 4.00. The number of ether oxygens (including phenoxy) is 1. The third kappa shape index (κ3) is 5.61. The Bertz CT molecular complexity index is 980. The van der Waals surface area contributed by atoms with Crippen LogP contribution < -0.4 is 15.4 Å². The first-order chi connectivity index (χ1) is 14.0. The Morgan fingerprint density at radius 3 is 2.66 bits per heavy atom. The summed E-state index contributed by atoms with van der Waals surface area (Å²) in [5.74, 6) is 0.748. The fourth-order valence-corrected chi connectivity index (χ4v) is 2.71. The molecule has 0 saturated heterocycles. The lowest BCUT2D eigenvalue weighted by molar-refractivity contribution is 0.0974. The standard InChI is InChI=1S/C20H23N7O2/c1-13-10-14(2)25-20(24-13)27-19(22-9-8-15-11-21-12-23-15)26-18(28)16-6-4-5-7-17(16)29-3/h4-7,10-12H,8-9H2,1-3H3,(H,21,23)(H2,22,24,25,26,27,28). The summed E-state index contributed by atoms with van der Waals surface area (Å²) in [7, 11) is 1.52. The number of amides is 1. The zero-order chi connectivity index (χ0) is 20.6. The monoisotopic (exact) mass is 393 g/mol. The van der Waals surface area contributed by atoms with Crippen molar-refractivity contribution in [3.63, 3.8) is 0 Å². The minimum Gasteiger partial charge on any atom is -0.496 e. The Morgan fingerprint density at radius 1 is 1.21 bits per heavy atom. The van der Waals surface area contributed by atoms with E-state index in [2.05, 4.69) is 35.6 Å². The number of aromatic nitrogens is 4. The zero-order valence-corrected chi connectivity index (χ0v) is 16.6. The molecular weight excluding hydrogens is 370 g/mol. The maximum Gasteiger partial charge on any atom is 0.261 e. The van der Waals surface area contributed by atoms with Gasteiger partial charge in [-0.15, -0.1) is 0 Å². The summed E-state index contributed by atoms with van der Waals surface area (Å²) >= 11 is 0. The van der Waals surface area contributed by atoms with Gasteiger partial charge in [0, 0.05) is 36.2 Å². The molecule has 3 aromatic rings. The van der Waals surface area contributed by atoms with Crippen molar-refractivity contribution in [3.8, 4) is 5.75 Å². The zero-order valence-electron chi connectivity index (χ0n) is 16.6. The van der Waals surface area contributed by atoms with E-state index in [9.17, 15) is 4.79 Å². The summed E-state index contributed by atoms with van der Waals surface area (Å²) < 4.78 is 5.27. The van der Waals surface area contributed by atoms with Crippen LogP contribution in [0.25, 0.3) is 0 Å². The van der Waals surface area contributed by atoms with Crippen LogP contribution in [0.1, 0.15) is 27.4 Å². The SMILES string of the molecule is COc1ccccc1C(=O)NC(=NCCc1cnc[nH]1)Nc1nc(C)cc(C)n1. The lowest BCUT2D eigenvalue weighted by Gasteiger charge is -2.13. The molecule has 29 heavy (non-hydrogen) atoms. The van der Waals surface area contributed by atoms with Crippen LogP contribution in [0.3, 0.4) is 0 Å². The number of guanidine groups is 1. The highest BCUT2D eigenvalue weighted by Gasteiger charge is 2.14. The molecular formula is C20H23N7O2. The summed E-state index contributed by atoms with van der Waals surface area (Å²) in [5, 5.41) is 5.80. The number of benzene rings is 1. The summed E-state index contributed by atoms with van der Waals surface area (Å²) in [4.78, 5) is 33.0. The Morgan fingerprint density at radius 2 is 1.97 bits per heavy atom. The number of aliphatic imine (C=N–C) groups is 1. The molecule has 0 saturated carbocycles. The number of methoxy groups -OCH3 is 1. The average molecular weight is 393 g/mol. The molecule has 3 rings (SSSR count). The van der Waals surface area contributed by atoms with Gasteiger partial charge in [0.15, 0.2) is 0 Å². The molecule has 0 fully saturated rings. The quantitative estimate of drug-likeness (QED) is 0.437. The van der Waals surface area contributed by atoms with Gasteiger partial charge in [0.25, 0.3) is 5.91 Å². The molecule has 0 radical (unpaired) electrons. The van der Waals surface area contributed by atoms with Gasteiger partial charge in [-0.05, 0) is 32.0 Å². The number of hydrogen-bond acceptors (Lipinski definition) is 6. The second kappa shape index (κ2) is 9.45. The number of para-hydroxylation sites is 1. The van der Waals surface area contributed by atoms with Crippen LogP contribution >= 0.6 is 0 Å². The first kappa shape index (κ1) is 20.0. The minimum absolute atomic E-state index is 0.255. The fraction of sp³-hybridized carbons (Fsp3) is 0.250. The molecule has 1 amide bonds. The number of imidazole rings is 1. The maximum absolute atomic E-state index is 12.8. The number of aromatic amines is 1. The summed E-state index contributed by atoms with van der Waals surface area (Å²) in [6, 6.07) is 8.85. The number of carbonyl (C=O) groups excluding carboxylic acids is 1. The van der Waals surface area contributed by atoms with E-state index < -0.39 is 0 Å². The van der Waals surface area contributed by atoms with E-state index in [0.29, 0.717) is 30.2 Å². The highest BCUT2D eigenvalue weighted by Crippen LogP contribution is 2.17. The number of rotatable bonds is 6. The molecule has 3 N–H and O–H groups in total. The van der Waals surface area contributed by atoms with Gasteiger partial charge in [0.05, 0.1) is 19.0 Å². The highest BCUT2D eigenvalue weighted by molar-refractivity contribution is 6.10. The molecule has 0 atom stereocenters. The normalized spacial score (nSPS) is 11.2. The second-order valence-electron chi connectivity index (χ2n) is 6.31. The van der Waals surface area contributed by atoms with Gasteiger partial charge in [-0.3, -0.25) is 20.4 Å². The lowest BCUT2D eigenvalue weighted by atomic mass is 10.2. The van der Waals surface area contributed by atoms with Crippen LogP contribution in [-0.2, 0) is 6.42 Å². The van der Waals surface area contributed by atoms with Crippen molar-refractivity contribution in [2.75, 3.05) is 19.0 Å². The summed E-state index contributed by atoms with van der Waals surface area (Å²) in [5.41, 5.74) is 2.98. The number of aryl methyl sites for hydroxylation is 2. The molecule has 9 heteroatoms. The van der Waals surface area contributed by atoms with Crippen molar-refractivity contribution in [1.82, 2.24) is 25.3 Å². The molecule has 2 heterocycles. The van der Waals surface area contributed by atoms with Crippen molar-refractivity contribution < 1.29 is 9.53 Å². The topological polar surface area (TPSA) is 117 Å². The first-order valence-corrected chi connectivity index (χ1v) is 9.10. The van der Waals surface area contributed by atoms with Gasteiger partial charge in [-0.2, -0.15) is 0 Å². The molecule has 2 aromatic heterocycles. The number of H-pyrrole nitrogens is 1. The lowest BCUT2D eigenvalue weighted by Crippen LogP contribution is -2.37. The number of nitrogens with zero attached hydrogens (tertiary/aromatic N) is 4. The molecule has 0 aliphatic heterocycles. The van der Waals surface area contributed by atoms with Gasteiger partial charge in [-0.25, -0.2) is 15.0 Å². The van der Waals surface area contributed by atoms with E-state index in [1.54, 1.807) is 36.8 Å². The fourth-order valence-electron chi connectivity index (χ4n) is 2.71. The van der Waals surface area contributed by atoms with Crippen molar-refractivity contribution in [2.24, 2.45) is 4.99 Å². The molecule has 0 spiro atoms. The first-order valence-electron chi connectivity index (χ1n) is 9.10.